The molecule has 1 heterocycles. The fourth-order valence-electron chi connectivity index (χ4n) is 3.15. The van der Waals surface area contributed by atoms with Crippen LogP contribution < -0.4 is 20.5 Å². The Bertz CT molecular complexity index is 1100. The Labute approximate surface area is 185 Å². The fourth-order valence-corrected chi connectivity index (χ4v) is 4.98. The summed E-state index contributed by atoms with van der Waals surface area (Å²) < 4.78 is 37.4. The van der Waals surface area contributed by atoms with Crippen LogP contribution >= 0.6 is 11.6 Å². The number of anilines is 1. The molecule has 0 saturated carbocycles. The van der Waals surface area contributed by atoms with Crippen LogP contribution in [0.5, 0.6) is 11.5 Å². The number of carbonyl (C=O) groups is 2. The third-order valence-corrected chi connectivity index (χ3v) is 6.82. The van der Waals surface area contributed by atoms with Crippen molar-refractivity contribution in [3.63, 3.8) is 0 Å². The molecule has 1 aliphatic heterocycles. The van der Waals surface area contributed by atoms with Gasteiger partial charge in [-0.25, -0.2) is 8.42 Å². The zero-order valence-corrected chi connectivity index (χ0v) is 18.3. The minimum atomic E-state index is -3.61. The van der Waals surface area contributed by atoms with Gasteiger partial charge in [0.25, 0.3) is 11.8 Å². The number of amides is 2. The van der Waals surface area contributed by atoms with E-state index < -0.39 is 28.4 Å². The number of sulfonamides is 1. The lowest BCUT2D eigenvalue weighted by atomic mass is 10.1. The highest BCUT2D eigenvalue weighted by atomic mass is 35.5. The number of nitrogens with zero attached hydrogens (tertiary/aromatic N) is 1. The molecule has 9 nitrogen and oxygen atoms in total. The standard InChI is InChI=1S/C20H22ClN3O6S/c1-29-17-10-13(9-16(21)19(17)30-12-18(22)25)20(26)23-14-5-4-6-15(11-14)31(27,28)24-7-2-3-8-24/h4-6,9-11H,2-3,7-8,12H2,1H3,(H2,22,25)(H,23,26). The van der Waals surface area contributed by atoms with Gasteiger partial charge < -0.3 is 20.5 Å². The SMILES string of the molecule is COc1cc(C(=O)Nc2cccc(S(=O)(=O)N3CCCC3)c2)cc(Cl)c1OCC(N)=O. The summed E-state index contributed by atoms with van der Waals surface area (Å²) in [5.74, 6) is -0.997. The van der Waals surface area contributed by atoms with Crippen LogP contribution in [0.3, 0.4) is 0 Å². The Morgan fingerprint density at radius 3 is 2.55 bits per heavy atom. The molecule has 0 spiro atoms. The van der Waals surface area contributed by atoms with E-state index >= 15 is 0 Å². The van der Waals surface area contributed by atoms with E-state index in [-0.39, 0.29) is 27.0 Å². The van der Waals surface area contributed by atoms with Crippen LogP contribution in [0.1, 0.15) is 23.2 Å². The maximum atomic E-state index is 12.7. The molecule has 0 unspecified atom stereocenters. The number of primary amides is 1. The monoisotopic (exact) mass is 467 g/mol. The molecule has 11 heteroatoms. The van der Waals surface area contributed by atoms with Crippen molar-refractivity contribution >= 4 is 39.1 Å². The largest absolute Gasteiger partial charge is 0.493 e. The highest BCUT2D eigenvalue weighted by Crippen LogP contribution is 2.36. The Morgan fingerprint density at radius 1 is 1.19 bits per heavy atom. The number of rotatable bonds is 8. The predicted molar refractivity (Wildman–Crippen MR) is 115 cm³/mol. The molecule has 3 rings (SSSR count). The number of methoxy groups -OCH3 is 1. The Balaban J connectivity index is 1.82. The quantitative estimate of drug-likeness (QED) is 0.612. The van der Waals surface area contributed by atoms with E-state index in [0.717, 1.165) is 12.8 Å². The molecular formula is C20H22ClN3O6S. The van der Waals surface area contributed by atoms with Gasteiger partial charge in [-0.1, -0.05) is 17.7 Å². The van der Waals surface area contributed by atoms with Crippen molar-refractivity contribution in [1.82, 2.24) is 4.31 Å². The molecule has 1 saturated heterocycles. The van der Waals surface area contributed by atoms with Crippen molar-refractivity contribution < 1.29 is 27.5 Å². The topological polar surface area (TPSA) is 128 Å². The maximum Gasteiger partial charge on any atom is 0.255 e. The van der Waals surface area contributed by atoms with Crippen molar-refractivity contribution in [2.24, 2.45) is 5.73 Å². The Kier molecular flexibility index (Phi) is 7.04. The van der Waals surface area contributed by atoms with E-state index in [1.807, 2.05) is 0 Å². The summed E-state index contributed by atoms with van der Waals surface area (Å²) in [5, 5.41) is 2.71. The maximum absolute atomic E-state index is 12.7. The average molecular weight is 468 g/mol. The number of nitrogens with one attached hydrogen (secondary N) is 1. The van der Waals surface area contributed by atoms with Gasteiger partial charge in [0.2, 0.25) is 10.0 Å². The zero-order valence-electron chi connectivity index (χ0n) is 16.8. The third-order valence-electron chi connectivity index (χ3n) is 4.65. The van der Waals surface area contributed by atoms with E-state index in [9.17, 15) is 18.0 Å². The molecule has 1 fully saturated rings. The lowest BCUT2D eigenvalue weighted by molar-refractivity contribution is -0.119. The number of ether oxygens (including phenoxy) is 2. The van der Waals surface area contributed by atoms with E-state index in [1.165, 1.54) is 35.7 Å². The van der Waals surface area contributed by atoms with Crippen LogP contribution in [0.4, 0.5) is 5.69 Å². The third kappa shape index (κ3) is 5.27. The lowest BCUT2D eigenvalue weighted by Crippen LogP contribution is -2.27. The molecule has 2 aromatic carbocycles. The van der Waals surface area contributed by atoms with Gasteiger partial charge in [0.1, 0.15) is 0 Å². The number of hydrogen-bond acceptors (Lipinski definition) is 6. The first-order chi connectivity index (χ1) is 14.7. The van der Waals surface area contributed by atoms with Crippen LogP contribution in [-0.2, 0) is 14.8 Å². The molecule has 0 aromatic heterocycles. The average Bonchev–Trinajstić information content (AvgIpc) is 3.28. The summed E-state index contributed by atoms with van der Waals surface area (Å²) in [5.41, 5.74) is 5.54. The minimum Gasteiger partial charge on any atom is -0.493 e. The second kappa shape index (κ2) is 9.54. The normalized spacial score (nSPS) is 14.3. The van der Waals surface area contributed by atoms with E-state index in [0.29, 0.717) is 18.8 Å². The molecule has 0 atom stereocenters. The van der Waals surface area contributed by atoms with Gasteiger partial charge in [0, 0.05) is 24.3 Å². The number of benzene rings is 2. The summed E-state index contributed by atoms with van der Waals surface area (Å²) in [6.07, 6.45) is 1.66. The van der Waals surface area contributed by atoms with Gasteiger partial charge in [0.05, 0.1) is 17.0 Å². The van der Waals surface area contributed by atoms with Crippen LogP contribution in [-0.4, -0.2) is 51.3 Å². The first-order valence-electron chi connectivity index (χ1n) is 9.42. The van der Waals surface area contributed by atoms with E-state index in [4.69, 9.17) is 26.8 Å². The first-order valence-corrected chi connectivity index (χ1v) is 11.2. The van der Waals surface area contributed by atoms with Gasteiger partial charge in [-0.05, 0) is 43.2 Å². The van der Waals surface area contributed by atoms with Crippen molar-refractivity contribution in [3.05, 3.63) is 47.0 Å². The van der Waals surface area contributed by atoms with E-state index in [2.05, 4.69) is 5.32 Å². The molecule has 0 bridgehead atoms. The molecule has 3 N–H and O–H groups in total. The fraction of sp³-hybridized carbons (Fsp3) is 0.300. The summed E-state index contributed by atoms with van der Waals surface area (Å²) in [6.45, 7) is 0.572. The van der Waals surface area contributed by atoms with Crippen molar-refractivity contribution in [2.45, 2.75) is 17.7 Å². The van der Waals surface area contributed by atoms with Crippen molar-refractivity contribution in [2.75, 3.05) is 32.1 Å². The Morgan fingerprint density at radius 2 is 1.90 bits per heavy atom. The minimum absolute atomic E-state index is 0.0520. The second-order valence-corrected chi connectivity index (χ2v) is 9.18. The number of carbonyl (C=O) groups excluding carboxylic acids is 2. The second-order valence-electron chi connectivity index (χ2n) is 6.84. The summed E-state index contributed by atoms with van der Waals surface area (Å²) in [7, 11) is -2.25. The first kappa shape index (κ1) is 22.9. The molecule has 31 heavy (non-hydrogen) atoms. The van der Waals surface area contributed by atoms with Crippen molar-refractivity contribution in [3.8, 4) is 11.5 Å². The van der Waals surface area contributed by atoms with Crippen LogP contribution in [0.25, 0.3) is 0 Å². The van der Waals surface area contributed by atoms with Crippen LogP contribution in [0.2, 0.25) is 5.02 Å². The smallest absolute Gasteiger partial charge is 0.255 e. The van der Waals surface area contributed by atoms with Gasteiger partial charge >= 0.3 is 0 Å². The van der Waals surface area contributed by atoms with E-state index in [1.54, 1.807) is 12.1 Å². The highest BCUT2D eigenvalue weighted by molar-refractivity contribution is 7.89. The number of hydrogen-bond donors (Lipinski definition) is 2. The predicted octanol–water partition coefficient (Wildman–Crippen LogP) is 2.25. The molecule has 0 radical (unpaired) electrons. The van der Waals surface area contributed by atoms with Gasteiger partial charge in [-0.3, -0.25) is 9.59 Å². The molecule has 166 valence electrons. The molecule has 1 aliphatic rings. The highest BCUT2D eigenvalue weighted by Gasteiger charge is 2.27. The van der Waals surface area contributed by atoms with Crippen LogP contribution in [0, 0.1) is 0 Å². The lowest BCUT2D eigenvalue weighted by Gasteiger charge is -2.16. The van der Waals surface area contributed by atoms with Crippen molar-refractivity contribution in [1.29, 1.82) is 0 Å². The molecule has 2 aromatic rings. The Hall–Kier alpha value is -2.82. The zero-order chi connectivity index (χ0) is 22.6. The number of halogens is 1. The number of nitrogens with two attached hydrogens (primary N) is 1. The molecule has 0 aliphatic carbocycles. The summed E-state index contributed by atoms with van der Waals surface area (Å²) in [6, 6.07) is 8.79. The van der Waals surface area contributed by atoms with Crippen LogP contribution in [0.15, 0.2) is 41.3 Å². The molecular weight excluding hydrogens is 446 g/mol. The van der Waals surface area contributed by atoms with Gasteiger partial charge in [-0.15, -0.1) is 0 Å². The van der Waals surface area contributed by atoms with Gasteiger partial charge in [-0.2, -0.15) is 4.31 Å². The summed E-state index contributed by atoms with van der Waals surface area (Å²) >= 11 is 6.18. The molecule has 2 amide bonds. The van der Waals surface area contributed by atoms with Gasteiger partial charge in [0.15, 0.2) is 18.1 Å². The summed E-state index contributed by atoms with van der Waals surface area (Å²) in [4.78, 5) is 23.8.